The molecule has 4 nitrogen and oxygen atoms in total. The Bertz CT molecular complexity index is 381. The van der Waals surface area contributed by atoms with Crippen LogP contribution in [0.25, 0.3) is 0 Å². The zero-order chi connectivity index (χ0) is 13.1. The van der Waals surface area contributed by atoms with E-state index < -0.39 is 0 Å². The van der Waals surface area contributed by atoms with Crippen LogP contribution in [-0.4, -0.2) is 41.2 Å². The van der Waals surface area contributed by atoms with Crippen molar-refractivity contribution in [1.29, 1.82) is 0 Å². The van der Waals surface area contributed by atoms with Crippen molar-refractivity contribution in [3.63, 3.8) is 0 Å². The molecule has 0 radical (unpaired) electrons. The van der Waals surface area contributed by atoms with E-state index in [9.17, 15) is 5.11 Å². The largest absolute Gasteiger partial charge is 0.475 e. The Hall–Kier alpha value is -0.650. The maximum Gasteiger partial charge on any atom is 0.219 e. The van der Waals surface area contributed by atoms with E-state index in [0.29, 0.717) is 18.1 Å². The van der Waals surface area contributed by atoms with E-state index in [1.165, 1.54) is 0 Å². The van der Waals surface area contributed by atoms with Crippen molar-refractivity contribution < 1.29 is 9.84 Å². The lowest BCUT2D eigenvalue weighted by Gasteiger charge is -2.32. The highest BCUT2D eigenvalue weighted by atomic mass is 79.9. The number of rotatable bonds is 5. The molecule has 1 rings (SSSR count). The highest BCUT2D eigenvalue weighted by Crippen LogP contribution is 2.21. The van der Waals surface area contributed by atoms with Crippen molar-refractivity contribution in [2.24, 2.45) is 0 Å². The fraction of sp³-hybridized carbons (Fsp3) is 0.583. The Morgan fingerprint density at radius 3 is 2.65 bits per heavy atom. The maximum absolute atomic E-state index is 9.23. The minimum absolute atomic E-state index is 0.0792. The molecule has 1 aromatic rings. The molecule has 0 aliphatic carbocycles. The van der Waals surface area contributed by atoms with Crippen LogP contribution in [0.1, 0.15) is 19.4 Å². The predicted molar refractivity (Wildman–Crippen MR) is 71.1 cm³/mol. The van der Waals surface area contributed by atoms with Gasteiger partial charge in [-0.15, -0.1) is 0 Å². The van der Waals surface area contributed by atoms with E-state index in [1.807, 2.05) is 20.2 Å². The number of aliphatic hydroxyl groups is 1. The first-order valence-electron chi connectivity index (χ1n) is 5.42. The SMILES string of the molecule is CN(C)C(C)(C)COc1ncc(Br)cc1CO. The molecule has 0 atom stereocenters. The van der Waals surface area contributed by atoms with Crippen LogP contribution in [0.5, 0.6) is 5.88 Å². The summed E-state index contributed by atoms with van der Waals surface area (Å²) in [5, 5.41) is 9.23. The van der Waals surface area contributed by atoms with Crippen LogP contribution in [0, 0.1) is 0 Å². The van der Waals surface area contributed by atoms with E-state index in [4.69, 9.17) is 4.74 Å². The second-order valence-electron chi connectivity index (χ2n) is 4.77. The molecule has 0 spiro atoms. The summed E-state index contributed by atoms with van der Waals surface area (Å²) in [7, 11) is 4.01. The third-order valence-electron chi connectivity index (χ3n) is 2.84. The van der Waals surface area contributed by atoms with Gasteiger partial charge in [0.05, 0.1) is 6.61 Å². The minimum atomic E-state index is -0.0819. The van der Waals surface area contributed by atoms with Crippen molar-refractivity contribution in [1.82, 2.24) is 9.88 Å². The van der Waals surface area contributed by atoms with E-state index in [0.717, 1.165) is 4.47 Å². The Morgan fingerprint density at radius 1 is 1.47 bits per heavy atom. The summed E-state index contributed by atoms with van der Waals surface area (Å²) >= 11 is 3.31. The average molecular weight is 303 g/mol. The summed E-state index contributed by atoms with van der Waals surface area (Å²) in [6.45, 7) is 4.61. The van der Waals surface area contributed by atoms with Crippen LogP contribution in [-0.2, 0) is 6.61 Å². The minimum Gasteiger partial charge on any atom is -0.475 e. The first-order valence-corrected chi connectivity index (χ1v) is 6.21. The number of aliphatic hydroxyl groups excluding tert-OH is 1. The summed E-state index contributed by atoms with van der Waals surface area (Å²) in [4.78, 5) is 6.25. The fourth-order valence-electron chi connectivity index (χ4n) is 1.09. The molecule has 0 aliphatic heterocycles. The van der Waals surface area contributed by atoms with Gasteiger partial charge >= 0.3 is 0 Å². The number of nitrogens with zero attached hydrogens (tertiary/aromatic N) is 2. The number of aromatic nitrogens is 1. The van der Waals surface area contributed by atoms with Gasteiger partial charge in [0.15, 0.2) is 0 Å². The number of halogens is 1. The van der Waals surface area contributed by atoms with Crippen molar-refractivity contribution in [2.45, 2.75) is 26.0 Å². The van der Waals surface area contributed by atoms with Crippen LogP contribution < -0.4 is 4.74 Å². The molecule has 5 heteroatoms. The summed E-state index contributed by atoms with van der Waals surface area (Å²) in [6, 6.07) is 1.81. The van der Waals surface area contributed by atoms with E-state index in [2.05, 4.69) is 39.7 Å². The van der Waals surface area contributed by atoms with Gasteiger partial charge in [-0.2, -0.15) is 0 Å². The standard InChI is InChI=1S/C12H19BrN2O2/c1-12(2,15(3)4)8-17-11-9(7-16)5-10(13)6-14-11/h5-6,16H,7-8H2,1-4H3. The molecule has 0 bridgehead atoms. The van der Waals surface area contributed by atoms with Crippen molar-refractivity contribution in [3.05, 3.63) is 22.3 Å². The highest BCUT2D eigenvalue weighted by molar-refractivity contribution is 9.10. The quantitative estimate of drug-likeness (QED) is 0.904. The van der Waals surface area contributed by atoms with Crippen LogP contribution in [0.3, 0.4) is 0 Å². The predicted octanol–water partition coefficient (Wildman–Crippen LogP) is 2.06. The third kappa shape index (κ3) is 3.94. The molecule has 0 amide bonds. The summed E-state index contributed by atoms with van der Waals surface area (Å²) < 4.78 is 6.51. The normalized spacial score (nSPS) is 11.9. The maximum atomic E-state index is 9.23. The number of hydrogen-bond acceptors (Lipinski definition) is 4. The van der Waals surface area contributed by atoms with Gasteiger partial charge in [0.1, 0.15) is 6.61 Å². The van der Waals surface area contributed by atoms with Gasteiger partial charge < -0.3 is 14.7 Å². The van der Waals surface area contributed by atoms with Crippen molar-refractivity contribution in [2.75, 3.05) is 20.7 Å². The molecule has 0 fully saturated rings. The van der Waals surface area contributed by atoms with Gasteiger partial charge in [-0.05, 0) is 49.9 Å². The van der Waals surface area contributed by atoms with E-state index in [-0.39, 0.29) is 12.1 Å². The average Bonchev–Trinajstić information content (AvgIpc) is 2.27. The van der Waals surface area contributed by atoms with Gasteiger partial charge in [0.2, 0.25) is 5.88 Å². The van der Waals surface area contributed by atoms with Crippen LogP contribution in [0.4, 0.5) is 0 Å². The second-order valence-corrected chi connectivity index (χ2v) is 5.69. The first kappa shape index (κ1) is 14.4. The second kappa shape index (κ2) is 5.80. The van der Waals surface area contributed by atoms with Gasteiger partial charge in [0, 0.05) is 21.8 Å². The zero-order valence-electron chi connectivity index (χ0n) is 10.7. The molecule has 1 heterocycles. The number of pyridine rings is 1. The summed E-state index contributed by atoms with van der Waals surface area (Å²) in [5.74, 6) is 0.491. The number of likely N-dealkylation sites (N-methyl/N-ethyl adjacent to an activating group) is 1. The van der Waals surface area contributed by atoms with Crippen LogP contribution >= 0.6 is 15.9 Å². The monoisotopic (exact) mass is 302 g/mol. The molecule has 17 heavy (non-hydrogen) atoms. The molecule has 0 unspecified atom stereocenters. The van der Waals surface area contributed by atoms with E-state index in [1.54, 1.807) is 6.20 Å². The Balaban J connectivity index is 2.76. The van der Waals surface area contributed by atoms with Gasteiger partial charge in [-0.3, -0.25) is 0 Å². The molecular weight excluding hydrogens is 284 g/mol. The molecule has 0 saturated carbocycles. The summed E-state index contributed by atoms with van der Waals surface area (Å²) in [5.41, 5.74) is 0.607. The van der Waals surface area contributed by atoms with Gasteiger partial charge in [-0.25, -0.2) is 4.98 Å². The Kier molecular flexibility index (Phi) is 4.91. The molecule has 0 aromatic carbocycles. The molecule has 1 N–H and O–H groups in total. The van der Waals surface area contributed by atoms with Crippen LogP contribution in [0.2, 0.25) is 0 Å². The number of hydrogen-bond donors (Lipinski definition) is 1. The molecule has 0 aliphatic rings. The number of ether oxygens (including phenoxy) is 1. The van der Waals surface area contributed by atoms with Gasteiger partial charge in [0.25, 0.3) is 0 Å². The Morgan fingerprint density at radius 2 is 2.12 bits per heavy atom. The van der Waals surface area contributed by atoms with Gasteiger partial charge in [-0.1, -0.05) is 0 Å². The van der Waals surface area contributed by atoms with Crippen molar-refractivity contribution >= 4 is 15.9 Å². The topological polar surface area (TPSA) is 45.6 Å². The smallest absolute Gasteiger partial charge is 0.219 e. The zero-order valence-corrected chi connectivity index (χ0v) is 12.3. The lowest BCUT2D eigenvalue weighted by molar-refractivity contribution is 0.109. The molecule has 96 valence electrons. The highest BCUT2D eigenvalue weighted by Gasteiger charge is 2.22. The lowest BCUT2D eigenvalue weighted by atomic mass is 10.1. The van der Waals surface area contributed by atoms with E-state index >= 15 is 0 Å². The first-order chi connectivity index (χ1) is 7.86. The molecule has 0 saturated heterocycles. The Labute approximate surface area is 111 Å². The lowest BCUT2D eigenvalue weighted by Crippen LogP contribution is -2.43. The van der Waals surface area contributed by atoms with Crippen LogP contribution in [0.15, 0.2) is 16.7 Å². The third-order valence-corrected chi connectivity index (χ3v) is 3.27. The fourth-order valence-corrected chi connectivity index (χ4v) is 1.46. The molecular formula is C12H19BrN2O2. The summed E-state index contributed by atoms with van der Waals surface area (Å²) in [6.07, 6.45) is 1.66. The van der Waals surface area contributed by atoms with Crippen molar-refractivity contribution in [3.8, 4) is 5.88 Å². The molecule has 1 aromatic heterocycles.